The Hall–Kier alpha value is -3.36. The largest absolute Gasteiger partial charge is 0.444 e. The molecule has 0 radical (unpaired) electrons. The SMILES string of the molecule is CC(C)n1cnc2c1C=C(Nc1ccnc(C3=CCN(C(=O)OC(C)(C)C)CC3)n1)NC2. The molecular formula is C23H31N7O2. The minimum atomic E-state index is -0.500. The number of anilines is 1. The first-order chi connectivity index (χ1) is 15.2. The number of rotatable bonds is 4. The van der Waals surface area contributed by atoms with Crippen molar-refractivity contribution in [1.29, 1.82) is 0 Å². The summed E-state index contributed by atoms with van der Waals surface area (Å²) in [6, 6.07) is 2.18. The predicted molar refractivity (Wildman–Crippen MR) is 123 cm³/mol. The van der Waals surface area contributed by atoms with E-state index in [0.29, 0.717) is 43.7 Å². The molecule has 0 bridgehead atoms. The van der Waals surface area contributed by atoms with E-state index in [9.17, 15) is 4.79 Å². The molecule has 0 unspecified atom stereocenters. The lowest BCUT2D eigenvalue weighted by molar-refractivity contribution is 0.0270. The van der Waals surface area contributed by atoms with Gasteiger partial charge in [0, 0.05) is 31.4 Å². The van der Waals surface area contributed by atoms with E-state index in [4.69, 9.17) is 9.72 Å². The quantitative estimate of drug-likeness (QED) is 0.751. The molecule has 0 fully saturated rings. The summed E-state index contributed by atoms with van der Waals surface area (Å²) in [6.45, 7) is 11.6. The molecule has 0 saturated carbocycles. The molecule has 0 aliphatic carbocycles. The Labute approximate surface area is 188 Å². The van der Waals surface area contributed by atoms with E-state index in [1.807, 2.05) is 39.2 Å². The summed E-state index contributed by atoms with van der Waals surface area (Å²) in [5, 5.41) is 6.71. The number of nitrogens with zero attached hydrogens (tertiary/aromatic N) is 5. The average molecular weight is 438 g/mol. The van der Waals surface area contributed by atoms with E-state index in [1.54, 1.807) is 11.1 Å². The molecule has 9 nitrogen and oxygen atoms in total. The van der Waals surface area contributed by atoms with Crippen LogP contribution in [0.5, 0.6) is 0 Å². The Morgan fingerprint density at radius 1 is 1.28 bits per heavy atom. The van der Waals surface area contributed by atoms with Crippen LogP contribution in [0.15, 0.2) is 30.5 Å². The normalized spacial score (nSPS) is 16.1. The van der Waals surface area contributed by atoms with Gasteiger partial charge in [0.05, 0.1) is 24.3 Å². The van der Waals surface area contributed by atoms with E-state index in [1.165, 1.54) is 0 Å². The predicted octanol–water partition coefficient (Wildman–Crippen LogP) is 3.79. The lowest BCUT2D eigenvalue weighted by Crippen LogP contribution is -2.39. The van der Waals surface area contributed by atoms with E-state index < -0.39 is 5.60 Å². The molecule has 32 heavy (non-hydrogen) atoms. The van der Waals surface area contributed by atoms with Crippen molar-refractivity contribution in [2.45, 2.75) is 59.2 Å². The number of hydrogen-bond donors (Lipinski definition) is 2. The highest BCUT2D eigenvalue weighted by Gasteiger charge is 2.24. The van der Waals surface area contributed by atoms with E-state index in [0.717, 1.165) is 22.8 Å². The molecule has 2 aliphatic rings. The second kappa shape index (κ2) is 8.64. The summed E-state index contributed by atoms with van der Waals surface area (Å²) < 4.78 is 7.62. The first-order valence-electron chi connectivity index (χ1n) is 11.0. The number of aromatic nitrogens is 4. The van der Waals surface area contributed by atoms with Gasteiger partial charge in [0.15, 0.2) is 5.82 Å². The zero-order valence-electron chi connectivity index (χ0n) is 19.3. The summed E-state index contributed by atoms with van der Waals surface area (Å²) in [6.07, 6.45) is 8.08. The number of ether oxygens (including phenoxy) is 1. The molecule has 4 rings (SSSR count). The van der Waals surface area contributed by atoms with Gasteiger partial charge in [-0.1, -0.05) is 6.08 Å². The van der Waals surface area contributed by atoms with E-state index >= 15 is 0 Å². The molecule has 0 aromatic carbocycles. The lowest BCUT2D eigenvalue weighted by Gasteiger charge is -2.29. The number of fused-ring (bicyclic) bond motifs is 1. The fraction of sp³-hybridized carbons (Fsp3) is 0.478. The lowest BCUT2D eigenvalue weighted by atomic mass is 10.1. The Balaban J connectivity index is 1.45. The molecule has 0 atom stereocenters. The first-order valence-corrected chi connectivity index (χ1v) is 11.0. The highest BCUT2D eigenvalue weighted by atomic mass is 16.6. The molecule has 0 saturated heterocycles. The smallest absolute Gasteiger partial charge is 0.410 e. The fourth-order valence-electron chi connectivity index (χ4n) is 3.65. The zero-order valence-corrected chi connectivity index (χ0v) is 19.3. The van der Waals surface area contributed by atoms with Crippen molar-refractivity contribution >= 4 is 23.6 Å². The number of carbonyl (C=O) groups is 1. The van der Waals surface area contributed by atoms with Crippen LogP contribution in [0.25, 0.3) is 11.6 Å². The van der Waals surface area contributed by atoms with E-state index in [2.05, 4.69) is 45.1 Å². The van der Waals surface area contributed by atoms with Crippen LogP contribution in [-0.2, 0) is 11.3 Å². The maximum atomic E-state index is 12.3. The van der Waals surface area contributed by atoms with Crippen LogP contribution in [0.4, 0.5) is 10.6 Å². The molecule has 2 aromatic rings. The number of hydrogen-bond acceptors (Lipinski definition) is 7. The molecule has 4 heterocycles. The number of nitrogens with one attached hydrogen (secondary N) is 2. The molecule has 9 heteroatoms. The second-order valence-corrected chi connectivity index (χ2v) is 9.29. The van der Waals surface area contributed by atoms with Crippen LogP contribution >= 0.6 is 0 Å². The van der Waals surface area contributed by atoms with E-state index in [-0.39, 0.29) is 6.09 Å². The third-order valence-corrected chi connectivity index (χ3v) is 5.26. The number of imidazole rings is 1. The van der Waals surface area contributed by atoms with Crippen molar-refractivity contribution in [1.82, 2.24) is 29.7 Å². The van der Waals surface area contributed by atoms with Crippen LogP contribution in [0.1, 0.15) is 64.3 Å². The van der Waals surface area contributed by atoms with Gasteiger partial charge in [-0.3, -0.25) is 0 Å². The third-order valence-electron chi connectivity index (χ3n) is 5.26. The highest BCUT2D eigenvalue weighted by Crippen LogP contribution is 2.24. The van der Waals surface area contributed by atoms with Crippen LogP contribution < -0.4 is 10.6 Å². The molecule has 0 spiro atoms. The third kappa shape index (κ3) is 4.92. The van der Waals surface area contributed by atoms with Crippen LogP contribution in [-0.4, -0.2) is 49.2 Å². The molecule has 1 amide bonds. The molecule has 2 N–H and O–H groups in total. The van der Waals surface area contributed by atoms with Gasteiger partial charge in [-0.15, -0.1) is 0 Å². The van der Waals surface area contributed by atoms with Gasteiger partial charge in [-0.25, -0.2) is 19.7 Å². The van der Waals surface area contributed by atoms with Crippen molar-refractivity contribution < 1.29 is 9.53 Å². The Bertz CT molecular complexity index is 1060. The molecule has 2 aliphatic heterocycles. The molecule has 170 valence electrons. The minimum Gasteiger partial charge on any atom is -0.444 e. The summed E-state index contributed by atoms with van der Waals surface area (Å²) in [7, 11) is 0. The highest BCUT2D eigenvalue weighted by molar-refractivity contribution is 5.71. The molecule has 2 aromatic heterocycles. The average Bonchev–Trinajstić information content (AvgIpc) is 3.16. The fourth-order valence-corrected chi connectivity index (χ4v) is 3.65. The van der Waals surface area contributed by atoms with Crippen molar-refractivity contribution in [2.24, 2.45) is 0 Å². The van der Waals surface area contributed by atoms with Gasteiger partial charge in [0.25, 0.3) is 0 Å². The number of carbonyl (C=O) groups excluding carboxylic acids is 1. The van der Waals surface area contributed by atoms with Gasteiger partial charge in [0.1, 0.15) is 17.2 Å². The summed E-state index contributed by atoms with van der Waals surface area (Å²) >= 11 is 0. The van der Waals surface area contributed by atoms with Crippen LogP contribution in [0, 0.1) is 0 Å². The van der Waals surface area contributed by atoms with Gasteiger partial charge in [0.2, 0.25) is 0 Å². The van der Waals surface area contributed by atoms with Crippen molar-refractivity contribution in [3.8, 4) is 0 Å². The summed E-state index contributed by atoms with van der Waals surface area (Å²) in [5.74, 6) is 2.25. The topological polar surface area (TPSA) is 97.2 Å². The van der Waals surface area contributed by atoms with Crippen molar-refractivity contribution in [2.75, 3.05) is 18.4 Å². The minimum absolute atomic E-state index is 0.292. The second-order valence-electron chi connectivity index (χ2n) is 9.29. The van der Waals surface area contributed by atoms with Gasteiger partial charge in [-0.05, 0) is 52.7 Å². The maximum absolute atomic E-state index is 12.3. The van der Waals surface area contributed by atoms with Crippen LogP contribution in [0.2, 0.25) is 0 Å². The van der Waals surface area contributed by atoms with Crippen LogP contribution in [0.3, 0.4) is 0 Å². The Kier molecular flexibility index (Phi) is 5.90. The van der Waals surface area contributed by atoms with Crippen molar-refractivity contribution in [3.05, 3.63) is 47.7 Å². The number of amides is 1. The zero-order chi connectivity index (χ0) is 22.9. The standard InChI is InChI=1S/C23H31N7O2/c1-15(2)30-14-26-17-13-25-20(12-18(17)30)27-19-6-9-24-21(28-19)16-7-10-29(11-8-16)22(31)32-23(3,4)5/h6-7,9,12,14-15,25H,8,10-11,13H2,1-5H3,(H,24,27,28). The summed E-state index contributed by atoms with van der Waals surface area (Å²) in [4.78, 5) is 27.6. The van der Waals surface area contributed by atoms with Gasteiger partial charge < -0.3 is 24.8 Å². The van der Waals surface area contributed by atoms with Crippen molar-refractivity contribution in [3.63, 3.8) is 0 Å². The van der Waals surface area contributed by atoms with Gasteiger partial charge in [-0.2, -0.15) is 0 Å². The molecular weight excluding hydrogens is 406 g/mol. The summed E-state index contributed by atoms with van der Waals surface area (Å²) in [5.41, 5.74) is 2.67. The maximum Gasteiger partial charge on any atom is 0.410 e. The Morgan fingerprint density at radius 2 is 2.09 bits per heavy atom. The Morgan fingerprint density at radius 3 is 2.78 bits per heavy atom. The monoisotopic (exact) mass is 437 g/mol. The first kappa shape index (κ1) is 21.9. The van der Waals surface area contributed by atoms with Gasteiger partial charge >= 0.3 is 6.09 Å².